The maximum Gasteiger partial charge on any atom is 0.310 e. The molecule has 0 amide bonds. The molecule has 1 atom stereocenters. The van der Waals surface area contributed by atoms with Crippen molar-refractivity contribution in [3.8, 4) is 0 Å². The first-order valence-corrected chi connectivity index (χ1v) is 4.64. The second kappa shape index (κ2) is 2.96. The van der Waals surface area contributed by atoms with Crippen LogP contribution < -0.4 is 0 Å². The summed E-state index contributed by atoms with van der Waals surface area (Å²) < 4.78 is 5.18. The van der Waals surface area contributed by atoms with E-state index in [1.54, 1.807) is 0 Å². The normalized spacial score (nSPS) is 44.4. The van der Waals surface area contributed by atoms with Crippen LogP contribution in [0.3, 0.4) is 0 Å². The zero-order valence-corrected chi connectivity index (χ0v) is 7.40. The van der Waals surface area contributed by atoms with Gasteiger partial charge in [0, 0.05) is 12.5 Å². The van der Waals surface area contributed by atoms with Gasteiger partial charge in [-0.25, -0.2) is 0 Å². The standard InChI is InChI=1S/C9H14O4/c10-7-3-9(4-7,8(11)12)6-1-2-13-5-6/h6-7,10H,1-5H2,(H,11,12). The van der Waals surface area contributed by atoms with Crippen LogP contribution in [0.2, 0.25) is 0 Å². The van der Waals surface area contributed by atoms with Crippen molar-refractivity contribution in [3.63, 3.8) is 0 Å². The number of ether oxygens (including phenoxy) is 1. The Morgan fingerprint density at radius 3 is 2.54 bits per heavy atom. The number of carboxylic acids is 1. The van der Waals surface area contributed by atoms with Crippen molar-refractivity contribution in [3.05, 3.63) is 0 Å². The Hall–Kier alpha value is -0.610. The van der Waals surface area contributed by atoms with Crippen molar-refractivity contribution in [1.82, 2.24) is 0 Å². The predicted octanol–water partition coefficient (Wildman–Crippen LogP) is 0.249. The monoisotopic (exact) mass is 186 g/mol. The SMILES string of the molecule is O=C(O)C1(C2CCOC2)CC(O)C1. The lowest BCUT2D eigenvalue weighted by atomic mass is 9.59. The van der Waals surface area contributed by atoms with E-state index in [-0.39, 0.29) is 5.92 Å². The Kier molecular flexibility index (Phi) is 2.04. The third-order valence-electron chi connectivity index (χ3n) is 3.34. The maximum absolute atomic E-state index is 11.1. The van der Waals surface area contributed by atoms with Gasteiger partial charge in [-0.05, 0) is 19.3 Å². The quantitative estimate of drug-likeness (QED) is 0.648. The maximum atomic E-state index is 11.1. The van der Waals surface area contributed by atoms with E-state index in [2.05, 4.69) is 0 Å². The highest BCUT2D eigenvalue weighted by Gasteiger charge is 2.55. The molecule has 2 rings (SSSR count). The predicted molar refractivity (Wildman–Crippen MR) is 44.2 cm³/mol. The number of hydrogen-bond acceptors (Lipinski definition) is 3. The summed E-state index contributed by atoms with van der Waals surface area (Å²) in [6, 6.07) is 0. The summed E-state index contributed by atoms with van der Waals surface area (Å²) in [5.41, 5.74) is -0.685. The highest BCUT2D eigenvalue weighted by atomic mass is 16.5. The lowest BCUT2D eigenvalue weighted by Gasteiger charge is -2.45. The molecule has 0 bridgehead atoms. The molecule has 1 unspecified atom stereocenters. The molecule has 1 saturated heterocycles. The number of carbonyl (C=O) groups is 1. The van der Waals surface area contributed by atoms with Gasteiger partial charge in [0.25, 0.3) is 0 Å². The first-order chi connectivity index (χ1) is 6.15. The molecule has 0 radical (unpaired) electrons. The molecule has 1 heterocycles. The van der Waals surface area contributed by atoms with Crippen LogP contribution in [0.15, 0.2) is 0 Å². The van der Waals surface area contributed by atoms with Crippen LogP contribution in [0.4, 0.5) is 0 Å². The fraction of sp³-hybridized carbons (Fsp3) is 0.889. The molecule has 4 nitrogen and oxygen atoms in total. The number of aliphatic carboxylic acids is 1. The van der Waals surface area contributed by atoms with Crippen LogP contribution >= 0.6 is 0 Å². The largest absolute Gasteiger partial charge is 0.481 e. The van der Waals surface area contributed by atoms with E-state index in [0.29, 0.717) is 26.1 Å². The van der Waals surface area contributed by atoms with Crippen molar-refractivity contribution in [2.75, 3.05) is 13.2 Å². The molecular formula is C9H14O4. The summed E-state index contributed by atoms with van der Waals surface area (Å²) >= 11 is 0. The minimum atomic E-state index is -0.770. The molecule has 1 saturated carbocycles. The Morgan fingerprint density at radius 1 is 1.46 bits per heavy atom. The molecule has 74 valence electrons. The van der Waals surface area contributed by atoms with Gasteiger partial charge in [-0.2, -0.15) is 0 Å². The molecule has 2 aliphatic rings. The van der Waals surface area contributed by atoms with Crippen LogP contribution in [0.5, 0.6) is 0 Å². The zero-order chi connectivity index (χ0) is 9.47. The number of carboxylic acid groups (broad SMARTS) is 1. The summed E-state index contributed by atoms with van der Waals surface area (Å²) in [6.07, 6.45) is 1.20. The van der Waals surface area contributed by atoms with Gasteiger partial charge in [0.1, 0.15) is 0 Å². The Bertz CT molecular complexity index is 214. The lowest BCUT2D eigenvalue weighted by molar-refractivity contribution is -0.171. The summed E-state index contributed by atoms with van der Waals surface area (Å²) in [6.45, 7) is 1.20. The van der Waals surface area contributed by atoms with Gasteiger partial charge in [0.05, 0.1) is 18.1 Å². The molecule has 4 heteroatoms. The van der Waals surface area contributed by atoms with Crippen LogP contribution in [-0.4, -0.2) is 35.5 Å². The minimum Gasteiger partial charge on any atom is -0.481 e. The average Bonchev–Trinajstić information content (AvgIpc) is 2.49. The van der Waals surface area contributed by atoms with Gasteiger partial charge in [-0.15, -0.1) is 0 Å². The first kappa shape index (κ1) is 8.97. The van der Waals surface area contributed by atoms with Crippen molar-refractivity contribution in [2.45, 2.75) is 25.4 Å². The van der Waals surface area contributed by atoms with E-state index in [9.17, 15) is 9.90 Å². The second-order valence-electron chi connectivity index (χ2n) is 4.08. The summed E-state index contributed by atoms with van der Waals surface area (Å²) in [7, 11) is 0. The van der Waals surface area contributed by atoms with E-state index in [4.69, 9.17) is 9.84 Å². The van der Waals surface area contributed by atoms with Gasteiger partial charge in [0.15, 0.2) is 0 Å². The van der Waals surface area contributed by atoms with Crippen LogP contribution in [-0.2, 0) is 9.53 Å². The highest BCUT2D eigenvalue weighted by molar-refractivity contribution is 5.76. The fourth-order valence-electron chi connectivity index (χ4n) is 2.43. The average molecular weight is 186 g/mol. The second-order valence-corrected chi connectivity index (χ2v) is 4.08. The van der Waals surface area contributed by atoms with Gasteiger partial charge in [0.2, 0.25) is 0 Å². The lowest BCUT2D eigenvalue weighted by Crippen LogP contribution is -2.52. The van der Waals surface area contributed by atoms with E-state index < -0.39 is 17.5 Å². The molecule has 0 aromatic rings. The van der Waals surface area contributed by atoms with E-state index in [1.807, 2.05) is 0 Å². The number of aliphatic hydroxyl groups is 1. The minimum absolute atomic E-state index is 0.105. The van der Waals surface area contributed by atoms with Crippen LogP contribution in [0.25, 0.3) is 0 Å². The first-order valence-electron chi connectivity index (χ1n) is 4.64. The molecule has 0 aromatic heterocycles. The number of rotatable bonds is 2. The molecule has 1 aliphatic carbocycles. The van der Waals surface area contributed by atoms with E-state index >= 15 is 0 Å². The Balaban J connectivity index is 2.10. The van der Waals surface area contributed by atoms with Gasteiger partial charge >= 0.3 is 5.97 Å². The van der Waals surface area contributed by atoms with Gasteiger partial charge < -0.3 is 14.9 Å². The molecule has 0 aromatic carbocycles. The third kappa shape index (κ3) is 1.25. The number of hydrogen-bond donors (Lipinski definition) is 2. The molecule has 13 heavy (non-hydrogen) atoms. The van der Waals surface area contributed by atoms with Crippen molar-refractivity contribution in [1.29, 1.82) is 0 Å². The Labute approximate surface area is 76.5 Å². The van der Waals surface area contributed by atoms with Crippen molar-refractivity contribution >= 4 is 5.97 Å². The molecule has 0 spiro atoms. The van der Waals surface area contributed by atoms with Gasteiger partial charge in [-0.3, -0.25) is 4.79 Å². The Morgan fingerprint density at radius 2 is 2.15 bits per heavy atom. The fourth-order valence-corrected chi connectivity index (χ4v) is 2.43. The summed E-state index contributed by atoms with van der Waals surface area (Å²) in [5.74, 6) is -0.665. The van der Waals surface area contributed by atoms with Crippen molar-refractivity contribution in [2.24, 2.45) is 11.3 Å². The van der Waals surface area contributed by atoms with Crippen LogP contribution in [0, 0.1) is 11.3 Å². The van der Waals surface area contributed by atoms with E-state index in [0.717, 1.165) is 6.42 Å². The van der Waals surface area contributed by atoms with E-state index in [1.165, 1.54) is 0 Å². The van der Waals surface area contributed by atoms with Crippen LogP contribution in [0.1, 0.15) is 19.3 Å². The topological polar surface area (TPSA) is 66.8 Å². The molecule has 2 N–H and O–H groups in total. The summed E-state index contributed by atoms with van der Waals surface area (Å²) in [4.78, 5) is 11.1. The highest BCUT2D eigenvalue weighted by Crippen LogP contribution is 2.50. The van der Waals surface area contributed by atoms with Gasteiger partial charge in [-0.1, -0.05) is 0 Å². The molecule has 1 aliphatic heterocycles. The molecule has 2 fully saturated rings. The molecular weight excluding hydrogens is 172 g/mol. The zero-order valence-electron chi connectivity index (χ0n) is 7.40. The number of aliphatic hydroxyl groups excluding tert-OH is 1. The summed E-state index contributed by atoms with van der Waals surface area (Å²) in [5, 5.41) is 18.3. The third-order valence-corrected chi connectivity index (χ3v) is 3.34. The van der Waals surface area contributed by atoms with Crippen molar-refractivity contribution < 1.29 is 19.7 Å². The smallest absolute Gasteiger partial charge is 0.310 e.